The molecule has 5 rings (SSSR count). The van der Waals surface area contributed by atoms with Crippen LogP contribution in [-0.4, -0.2) is 41.0 Å². The number of imidazole rings is 1. The van der Waals surface area contributed by atoms with Gasteiger partial charge in [0, 0.05) is 46.2 Å². The standard InChI is InChI=1S/C24H25BrN4O4S2/c1-4-33-23(31)21-19(12-35(32)24-27-13(2)11-34-24)29(15-5-6-15)18-9-17(25)22(30)16(20(18)21)10-28-8-7-26-14(28)3/h7-9,11,15,30H,4-6,10,12H2,1-3H3. The van der Waals surface area contributed by atoms with E-state index >= 15 is 0 Å². The zero-order valence-corrected chi connectivity index (χ0v) is 22.8. The molecule has 3 heterocycles. The van der Waals surface area contributed by atoms with Gasteiger partial charge in [-0.15, -0.1) is 11.3 Å². The third-order valence-electron chi connectivity index (χ3n) is 6.13. The summed E-state index contributed by atoms with van der Waals surface area (Å²) in [5.74, 6) is 0.503. The first-order valence-corrected chi connectivity index (χ1v) is 14.3. The van der Waals surface area contributed by atoms with Crippen LogP contribution in [0.1, 0.15) is 58.9 Å². The summed E-state index contributed by atoms with van der Waals surface area (Å²) >= 11 is 4.87. The zero-order chi connectivity index (χ0) is 24.9. The minimum Gasteiger partial charge on any atom is -0.506 e. The number of aromatic hydroxyl groups is 1. The van der Waals surface area contributed by atoms with Crippen molar-refractivity contribution in [2.75, 3.05) is 6.61 Å². The van der Waals surface area contributed by atoms with Gasteiger partial charge in [0.25, 0.3) is 0 Å². The maximum atomic E-state index is 13.4. The van der Waals surface area contributed by atoms with Crippen molar-refractivity contribution in [3.8, 4) is 5.75 Å². The van der Waals surface area contributed by atoms with E-state index in [-0.39, 0.29) is 24.2 Å². The second kappa shape index (κ2) is 9.51. The topological polar surface area (TPSA) is 99.2 Å². The van der Waals surface area contributed by atoms with Crippen LogP contribution in [0.4, 0.5) is 0 Å². The number of phenols is 1. The number of phenolic OH excluding ortho intramolecular Hbond substituents is 1. The second-order valence-electron chi connectivity index (χ2n) is 8.57. The molecule has 0 radical (unpaired) electrons. The van der Waals surface area contributed by atoms with Gasteiger partial charge in [-0.3, -0.25) is 4.21 Å². The number of carbonyl (C=O) groups is 1. The summed E-state index contributed by atoms with van der Waals surface area (Å²) in [7, 11) is -1.43. The summed E-state index contributed by atoms with van der Waals surface area (Å²) in [5.41, 5.74) is 3.25. The Labute approximate surface area is 217 Å². The average molecular weight is 578 g/mol. The lowest BCUT2D eigenvalue weighted by Gasteiger charge is -2.13. The molecule has 4 aromatic rings. The molecule has 1 aromatic carbocycles. The molecular weight excluding hydrogens is 552 g/mol. The lowest BCUT2D eigenvalue weighted by molar-refractivity contribution is 0.0527. The van der Waals surface area contributed by atoms with Crippen LogP contribution >= 0.6 is 27.3 Å². The van der Waals surface area contributed by atoms with Crippen LogP contribution in [0.2, 0.25) is 0 Å². The zero-order valence-electron chi connectivity index (χ0n) is 19.6. The van der Waals surface area contributed by atoms with E-state index in [0.717, 1.165) is 29.9 Å². The van der Waals surface area contributed by atoms with E-state index < -0.39 is 16.8 Å². The van der Waals surface area contributed by atoms with Gasteiger partial charge < -0.3 is 19.0 Å². The highest BCUT2D eigenvalue weighted by molar-refractivity contribution is 9.10. The molecule has 0 saturated heterocycles. The number of benzene rings is 1. The van der Waals surface area contributed by atoms with Gasteiger partial charge in [-0.1, -0.05) is 0 Å². The van der Waals surface area contributed by atoms with E-state index in [1.165, 1.54) is 11.3 Å². The number of aromatic nitrogens is 4. The van der Waals surface area contributed by atoms with E-state index in [1.807, 2.05) is 36.1 Å². The van der Waals surface area contributed by atoms with E-state index in [0.29, 0.717) is 37.6 Å². The summed E-state index contributed by atoms with van der Waals surface area (Å²) in [6.07, 6.45) is 5.48. The van der Waals surface area contributed by atoms with E-state index in [2.05, 4.69) is 30.5 Å². The number of halogens is 1. The Morgan fingerprint density at radius 3 is 2.74 bits per heavy atom. The van der Waals surface area contributed by atoms with Crippen LogP contribution in [0.5, 0.6) is 5.75 Å². The molecule has 1 aliphatic rings. The fourth-order valence-electron chi connectivity index (χ4n) is 4.39. The Bertz CT molecular complexity index is 1470. The van der Waals surface area contributed by atoms with Crippen molar-refractivity contribution < 1.29 is 18.8 Å². The van der Waals surface area contributed by atoms with Gasteiger partial charge in [0.1, 0.15) is 11.6 Å². The van der Waals surface area contributed by atoms with Gasteiger partial charge in [0.05, 0.1) is 45.3 Å². The number of fused-ring (bicyclic) bond motifs is 1. The van der Waals surface area contributed by atoms with Crippen molar-refractivity contribution in [3.05, 3.63) is 56.7 Å². The summed E-state index contributed by atoms with van der Waals surface area (Å²) in [6, 6.07) is 2.04. The fraction of sp³-hybridized carbons (Fsp3) is 0.375. The van der Waals surface area contributed by atoms with Crippen LogP contribution in [0, 0.1) is 13.8 Å². The fourth-order valence-corrected chi connectivity index (χ4v) is 7.02. The molecular formula is C24H25BrN4O4S2. The maximum Gasteiger partial charge on any atom is 0.340 e. The average Bonchev–Trinajstić information content (AvgIpc) is 3.29. The lowest BCUT2D eigenvalue weighted by Crippen LogP contribution is -2.12. The molecule has 11 heteroatoms. The number of esters is 1. The van der Waals surface area contributed by atoms with Crippen molar-refractivity contribution in [1.82, 2.24) is 19.1 Å². The van der Waals surface area contributed by atoms with Crippen molar-refractivity contribution in [3.63, 3.8) is 0 Å². The van der Waals surface area contributed by atoms with E-state index in [4.69, 9.17) is 4.74 Å². The number of rotatable bonds is 8. The van der Waals surface area contributed by atoms with Crippen LogP contribution in [0.3, 0.4) is 0 Å². The molecule has 0 spiro atoms. The Morgan fingerprint density at radius 1 is 1.37 bits per heavy atom. The van der Waals surface area contributed by atoms with Crippen LogP contribution in [0.15, 0.2) is 32.7 Å². The molecule has 1 saturated carbocycles. The number of carbonyl (C=O) groups excluding carboxylic acids is 1. The number of hydrogen-bond acceptors (Lipinski definition) is 7. The molecule has 8 nitrogen and oxygen atoms in total. The van der Waals surface area contributed by atoms with Crippen molar-refractivity contribution in [2.24, 2.45) is 0 Å². The summed E-state index contributed by atoms with van der Waals surface area (Å²) in [4.78, 5) is 22.1. The predicted molar refractivity (Wildman–Crippen MR) is 139 cm³/mol. The SMILES string of the molecule is CCOC(=O)c1c(CS(=O)c2nc(C)cs2)n(C2CC2)c2cc(Br)c(O)c(Cn3ccnc3C)c12. The molecule has 3 aromatic heterocycles. The first-order valence-electron chi connectivity index (χ1n) is 11.3. The van der Waals surface area contributed by atoms with E-state index in [1.54, 1.807) is 13.1 Å². The Hall–Kier alpha value is -2.50. The first-order chi connectivity index (χ1) is 16.8. The second-order valence-corrected chi connectivity index (χ2v) is 11.9. The van der Waals surface area contributed by atoms with Crippen LogP contribution in [-0.2, 0) is 27.8 Å². The Morgan fingerprint density at radius 2 is 2.14 bits per heavy atom. The van der Waals surface area contributed by atoms with Crippen LogP contribution in [0.25, 0.3) is 10.9 Å². The van der Waals surface area contributed by atoms with Gasteiger partial charge in [-0.25, -0.2) is 14.8 Å². The minimum absolute atomic E-state index is 0.0623. The molecule has 1 atom stereocenters. The highest BCUT2D eigenvalue weighted by Gasteiger charge is 2.35. The highest BCUT2D eigenvalue weighted by atomic mass is 79.9. The summed E-state index contributed by atoms with van der Waals surface area (Å²) < 4.78 is 24.0. The van der Waals surface area contributed by atoms with Crippen LogP contribution < -0.4 is 0 Å². The molecule has 1 aliphatic carbocycles. The minimum atomic E-state index is -1.43. The Balaban J connectivity index is 1.77. The van der Waals surface area contributed by atoms with Crippen molar-refractivity contribution in [2.45, 2.75) is 56.3 Å². The van der Waals surface area contributed by atoms with Gasteiger partial charge in [0.15, 0.2) is 4.34 Å². The summed E-state index contributed by atoms with van der Waals surface area (Å²) in [6.45, 7) is 6.05. The number of ether oxygens (including phenoxy) is 1. The van der Waals surface area contributed by atoms with Gasteiger partial charge in [-0.2, -0.15) is 0 Å². The number of thiazole rings is 1. The molecule has 35 heavy (non-hydrogen) atoms. The highest BCUT2D eigenvalue weighted by Crippen LogP contribution is 2.46. The Kier molecular flexibility index (Phi) is 6.58. The molecule has 0 aliphatic heterocycles. The monoisotopic (exact) mass is 576 g/mol. The van der Waals surface area contributed by atoms with E-state index in [9.17, 15) is 14.1 Å². The molecule has 184 valence electrons. The van der Waals surface area contributed by atoms with Crippen molar-refractivity contribution >= 4 is 54.9 Å². The molecule has 1 fully saturated rings. The lowest BCUT2D eigenvalue weighted by atomic mass is 10.0. The predicted octanol–water partition coefficient (Wildman–Crippen LogP) is 5.25. The molecule has 0 bridgehead atoms. The third-order valence-corrected chi connectivity index (χ3v) is 9.35. The number of aryl methyl sites for hydroxylation is 2. The molecule has 1 N–H and O–H groups in total. The van der Waals surface area contributed by atoms with Gasteiger partial charge in [0.2, 0.25) is 0 Å². The van der Waals surface area contributed by atoms with Gasteiger partial charge in [-0.05, 0) is 55.6 Å². The number of hydrogen-bond donors (Lipinski definition) is 1. The van der Waals surface area contributed by atoms with Gasteiger partial charge >= 0.3 is 5.97 Å². The smallest absolute Gasteiger partial charge is 0.340 e. The maximum absolute atomic E-state index is 13.4. The quantitative estimate of drug-likeness (QED) is 0.288. The molecule has 0 amide bonds. The number of nitrogens with zero attached hydrogens (tertiary/aromatic N) is 4. The third kappa shape index (κ3) is 4.45. The first kappa shape index (κ1) is 24.2. The largest absolute Gasteiger partial charge is 0.506 e. The van der Waals surface area contributed by atoms with Crippen molar-refractivity contribution in [1.29, 1.82) is 0 Å². The normalized spacial score (nSPS) is 14.5. The molecule has 1 unspecified atom stereocenters. The summed E-state index contributed by atoms with van der Waals surface area (Å²) in [5, 5.41) is 13.6.